The summed E-state index contributed by atoms with van der Waals surface area (Å²) in [5.74, 6) is -1.05. The van der Waals surface area contributed by atoms with Gasteiger partial charge < -0.3 is 29.5 Å². The lowest BCUT2D eigenvalue weighted by atomic mass is 9.89. The number of hydrogen-bond acceptors (Lipinski definition) is 12. The summed E-state index contributed by atoms with van der Waals surface area (Å²) in [6.45, 7) is -0.0510. The number of benzene rings is 2. The van der Waals surface area contributed by atoms with Crippen molar-refractivity contribution in [1.29, 1.82) is 0 Å². The zero-order valence-corrected chi connectivity index (χ0v) is 29.4. The van der Waals surface area contributed by atoms with Crippen LogP contribution in [0.15, 0.2) is 72.8 Å². The highest BCUT2D eigenvalue weighted by Gasteiger charge is 2.39. The molecule has 5 N–H and O–H groups in total. The Kier molecular flexibility index (Phi) is 18.1. The summed E-state index contributed by atoms with van der Waals surface area (Å²) in [5.41, 5.74) is 0.432. The molecule has 1 aliphatic carbocycles. The maximum absolute atomic E-state index is 13.0. The standard InChI is InChI=1S/C38H48F3NO11/c1-50-35-24-27(10-7-21-51-36(46)14-8-22-52-42(48)49)16-20-34(35)53-37(47)13-5-3-2-4-12-30-31(33(45)25-32(30)44)19-18-29(43)17-15-26-9-6-11-28(23-26)38(39,40)41/h2,4,6-7,9-11,16,18-20,23-24,29-33,43-45,48-49H,3,5,8,12-15,17,21-22,25H2,1H3/b4-2-,10-7+,19-18+/t29-,30+,31+,32-,33+/m0/s1. The number of rotatable bonds is 21. The number of methoxy groups -OCH3 is 1. The van der Waals surface area contributed by atoms with Crippen LogP contribution in [-0.2, 0) is 31.8 Å². The van der Waals surface area contributed by atoms with Gasteiger partial charge in [0.15, 0.2) is 11.5 Å². The van der Waals surface area contributed by atoms with Gasteiger partial charge in [-0.25, -0.2) is 0 Å². The molecule has 0 aliphatic heterocycles. The minimum atomic E-state index is -4.44. The normalized spacial score (nSPS) is 19.8. The molecule has 0 radical (unpaired) electrons. The second kappa shape index (κ2) is 22.2. The maximum Gasteiger partial charge on any atom is 0.416 e. The molecule has 0 aromatic heterocycles. The van der Waals surface area contributed by atoms with Crippen molar-refractivity contribution in [2.45, 2.75) is 82.3 Å². The Bertz CT molecular complexity index is 1530. The number of nitrogens with zero attached hydrogens (tertiary/aromatic N) is 1. The minimum Gasteiger partial charge on any atom is -0.493 e. The number of alkyl halides is 3. The Morgan fingerprint density at radius 1 is 0.981 bits per heavy atom. The number of ether oxygens (including phenoxy) is 3. The number of aliphatic hydroxyl groups excluding tert-OH is 3. The predicted octanol–water partition coefficient (Wildman–Crippen LogP) is 5.99. The van der Waals surface area contributed by atoms with Crippen molar-refractivity contribution in [3.8, 4) is 11.5 Å². The fourth-order valence-corrected chi connectivity index (χ4v) is 5.82. The average Bonchev–Trinajstić information content (AvgIpc) is 3.39. The van der Waals surface area contributed by atoms with Gasteiger partial charge in [0.25, 0.3) is 0 Å². The summed E-state index contributed by atoms with van der Waals surface area (Å²) < 4.78 is 54.9. The number of allylic oxidation sites excluding steroid dienone is 2. The monoisotopic (exact) mass is 751 g/mol. The zero-order chi connectivity index (χ0) is 38.8. The van der Waals surface area contributed by atoms with Gasteiger partial charge >= 0.3 is 18.1 Å². The molecule has 0 spiro atoms. The van der Waals surface area contributed by atoms with Crippen molar-refractivity contribution < 1.29 is 67.5 Å². The van der Waals surface area contributed by atoms with Gasteiger partial charge in [-0.1, -0.05) is 54.6 Å². The lowest BCUT2D eigenvalue weighted by molar-refractivity contribution is -0.492. The number of esters is 2. The molecule has 0 heterocycles. The quantitative estimate of drug-likeness (QED) is 0.0332. The van der Waals surface area contributed by atoms with Gasteiger partial charge in [-0.15, -0.1) is 0 Å². The van der Waals surface area contributed by atoms with Gasteiger partial charge in [-0.05, 0) is 79.8 Å². The lowest BCUT2D eigenvalue weighted by Crippen LogP contribution is -2.20. The third kappa shape index (κ3) is 15.8. The van der Waals surface area contributed by atoms with Crippen LogP contribution in [-0.4, -0.2) is 81.7 Å². The first-order valence-corrected chi connectivity index (χ1v) is 17.3. The molecule has 1 fully saturated rings. The molecule has 0 bridgehead atoms. The highest BCUT2D eigenvalue weighted by Crippen LogP contribution is 2.37. The molecular formula is C38H48F3NO11. The summed E-state index contributed by atoms with van der Waals surface area (Å²) in [4.78, 5) is 28.6. The van der Waals surface area contributed by atoms with Crippen LogP contribution < -0.4 is 9.47 Å². The van der Waals surface area contributed by atoms with Crippen LogP contribution in [0.2, 0.25) is 0 Å². The summed E-state index contributed by atoms with van der Waals surface area (Å²) in [7, 11) is 1.44. The van der Waals surface area contributed by atoms with Gasteiger partial charge in [0.1, 0.15) is 6.61 Å². The fourth-order valence-electron chi connectivity index (χ4n) is 5.82. The molecule has 1 aliphatic rings. The number of unbranched alkanes of at least 4 members (excludes halogenated alkanes) is 1. The average molecular weight is 752 g/mol. The fraction of sp³-hybridized carbons (Fsp3) is 0.474. The van der Waals surface area contributed by atoms with E-state index in [9.17, 15) is 38.1 Å². The Balaban J connectivity index is 1.38. The number of halogens is 3. The SMILES string of the molecule is COc1cc(/C=C/COC(=O)CCCON(O)O)ccc1OC(=O)CCC/C=C\C[C@@H]1[C@@H](/C=C/[C@@H](O)CCc2cccc(C(F)(F)F)c2)[C@H](O)C[C@@H]1O. The van der Waals surface area contributed by atoms with Crippen LogP contribution in [0.1, 0.15) is 68.1 Å². The summed E-state index contributed by atoms with van der Waals surface area (Å²) in [5, 5.41) is 48.0. The molecule has 1 saturated carbocycles. The van der Waals surface area contributed by atoms with Gasteiger partial charge in [-0.2, -0.15) is 13.2 Å². The van der Waals surface area contributed by atoms with Crippen molar-refractivity contribution in [2.24, 2.45) is 11.8 Å². The Morgan fingerprint density at radius 3 is 2.49 bits per heavy atom. The molecule has 12 nitrogen and oxygen atoms in total. The molecule has 3 rings (SSSR count). The molecule has 2 aromatic rings. The van der Waals surface area contributed by atoms with E-state index in [0.29, 0.717) is 36.1 Å². The Hall–Kier alpha value is -4.09. The number of aliphatic hydroxyl groups is 3. The van der Waals surface area contributed by atoms with Crippen LogP contribution >= 0.6 is 0 Å². The zero-order valence-electron chi connectivity index (χ0n) is 29.4. The molecule has 0 amide bonds. The van der Waals surface area contributed by atoms with Crippen LogP contribution in [0.3, 0.4) is 0 Å². The van der Waals surface area contributed by atoms with Gasteiger partial charge in [0.05, 0.1) is 43.0 Å². The van der Waals surface area contributed by atoms with Crippen molar-refractivity contribution in [2.75, 3.05) is 20.3 Å². The highest BCUT2D eigenvalue weighted by molar-refractivity contribution is 5.73. The van der Waals surface area contributed by atoms with Gasteiger partial charge in [0, 0.05) is 25.2 Å². The van der Waals surface area contributed by atoms with Crippen LogP contribution in [0.25, 0.3) is 6.08 Å². The minimum absolute atomic E-state index is 0.0157. The second-order valence-electron chi connectivity index (χ2n) is 12.6. The van der Waals surface area contributed by atoms with Crippen molar-refractivity contribution in [3.63, 3.8) is 0 Å². The van der Waals surface area contributed by atoms with Gasteiger partial charge in [-0.3, -0.25) is 24.8 Å². The first-order valence-electron chi connectivity index (χ1n) is 17.3. The van der Waals surface area contributed by atoms with Crippen molar-refractivity contribution in [1.82, 2.24) is 5.39 Å². The maximum atomic E-state index is 13.0. The molecule has 2 aromatic carbocycles. The molecular weight excluding hydrogens is 703 g/mol. The van der Waals surface area contributed by atoms with E-state index in [4.69, 9.17) is 24.6 Å². The second-order valence-corrected chi connectivity index (χ2v) is 12.6. The summed E-state index contributed by atoms with van der Waals surface area (Å²) in [6.07, 6.45) is 5.95. The predicted molar refractivity (Wildman–Crippen MR) is 185 cm³/mol. The summed E-state index contributed by atoms with van der Waals surface area (Å²) >= 11 is 0. The lowest BCUT2D eigenvalue weighted by Gasteiger charge is -2.19. The van der Waals surface area contributed by atoms with E-state index in [0.717, 1.165) is 12.1 Å². The topological polar surface area (TPSA) is 175 Å². The van der Waals surface area contributed by atoms with E-state index in [1.54, 1.807) is 42.5 Å². The van der Waals surface area contributed by atoms with Gasteiger partial charge in [0.2, 0.25) is 0 Å². The van der Waals surface area contributed by atoms with Crippen LogP contribution in [0.5, 0.6) is 11.5 Å². The highest BCUT2D eigenvalue weighted by atomic mass is 19.4. The van der Waals surface area contributed by atoms with E-state index < -0.39 is 53.3 Å². The first-order chi connectivity index (χ1) is 25.3. The van der Waals surface area contributed by atoms with E-state index in [2.05, 4.69) is 4.84 Å². The van der Waals surface area contributed by atoms with E-state index in [1.807, 2.05) is 12.2 Å². The molecule has 5 atom stereocenters. The molecule has 0 unspecified atom stereocenters. The van der Waals surface area contributed by atoms with Crippen molar-refractivity contribution >= 4 is 18.0 Å². The van der Waals surface area contributed by atoms with Crippen LogP contribution in [0.4, 0.5) is 13.2 Å². The first kappa shape index (κ1) is 43.3. The Morgan fingerprint density at radius 2 is 1.75 bits per heavy atom. The summed E-state index contributed by atoms with van der Waals surface area (Å²) in [6, 6.07) is 9.94. The van der Waals surface area contributed by atoms with Crippen molar-refractivity contribution in [3.05, 3.63) is 89.5 Å². The third-order valence-electron chi connectivity index (χ3n) is 8.58. The number of aryl methyl sites for hydroxylation is 1. The van der Waals surface area contributed by atoms with E-state index in [-0.39, 0.29) is 63.4 Å². The number of carbonyl (C=O) groups is 2. The third-order valence-corrected chi connectivity index (χ3v) is 8.58. The number of carbonyl (C=O) groups excluding carboxylic acids is 2. The smallest absolute Gasteiger partial charge is 0.416 e. The molecule has 292 valence electrons. The Labute approximate surface area is 306 Å². The van der Waals surface area contributed by atoms with E-state index >= 15 is 0 Å². The molecule has 53 heavy (non-hydrogen) atoms. The van der Waals surface area contributed by atoms with Crippen LogP contribution in [0, 0.1) is 11.8 Å². The van der Waals surface area contributed by atoms with E-state index in [1.165, 1.54) is 19.3 Å². The molecule has 0 saturated heterocycles. The largest absolute Gasteiger partial charge is 0.493 e. The number of hydrogen-bond donors (Lipinski definition) is 5. The molecule has 15 heteroatoms.